The van der Waals surface area contributed by atoms with Crippen LogP contribution in [0, 0.1) is 6.92 Å². The van der Waals surface area contributed by atoms with E-state index in [4.69, 9.17) is 33.0 Å². The lowest BCUT2D eigenvalue weighted by molar-refractivity contribution is -0.144. The second kappa shape index (κ2) is 5.23. The molecule has 1 unspecified atom stereocenters. The van der Waals surface area contributed by atoms with Gasteiger partial charge in [0.25, 0.3) is 0 Å². The van der Waals surface area contributed by atoms with Crippen LogP contribution in [0.15, 0.2) is 18.2 Å². The van der Waals surface area contributed by atoms with E-state index in [1.165, 1.54) is 13.0 Å². The number of rotatable bonds is 3. The smallest absolute Gasteiger partial charge is 0.344 e. The molecular weight excluding hydrogens is 289 g/mol. The van der Waals surface area contributed by atoms with E-state index < -0.39 is 12.1 Å². The number of hydrogen-bond acceptors (Lipinski definition) is 3. The molecule has 0 bridgehead atoms. The van der Waals surface area contributed by atoms with Crippen molar-refractivity contribution in [2.75, 3.05) is 0 Å². The van der Waals surface area contributed by atoms with Gasteiger partial charge in [0.05, 0.1) is 10.0 Å². The van der Waals surface area contributed by atoms with E-state index in [1.807, 2.05) is 13.0 Å². The molecule has 1 N–H and O–H groups in total. The highest BCUT2D eigenvalue weighted by molar-refractivity contribution is 6.39. The Labute approximate surface area is 119 Å². The summed E-state index contributed by atoms with van der Waals surface area (Å²) in [5.41, 5.74) is 1.23. The molecule has 0 spiro atoms. The van der Waals surface area contributed by atoms with Crippen molar-refractivity contribution >= 4 is 40.1 Å². The lowest BCUT2D eigenvalue weighted by atomic mass is 10.2. The fraction of sp³-hybridized carbons (Fsp3) is 0.231. The van der Waals surface area contributed by atoms with Crippen LogP contribution < -0.4 is 4.74 Å². The maximum absolute atomic E-state index is 10.9. The number of nitrogens with zero attached hydrogens (tertiary/aromatic N) is 1. The van der Waals surface area contributed by atoms with E-state index in [1.54, 1.807) is 6.07 Å². The van der Waals surface area contributed by atoms with Crippen LogP contribution in [-0.2, 0) is 4.79 Å². The molecule has 0 saturated heterocycles. The molecule has 0 fully saturated rings. The summed E-state index contributed by atoms with van der Waals surface area (Å²) in [5.74, 6) is -0.841. The third-order valence-electron chi connectivity index (χ3n) is 2.62. The SMILES string of the molecule is Cc1ccc2c(Cl)cc(Cl)c(OC(C)C(=O)O)c2n1. The molecule has 19 heavy (non-hydrogen) atoms. The van der Waals surface area contributed by atoms with Crippen molar-refractivity contribution < 1.29 is 14.6 Å². The zero-order valence-corrected chi connectivity index (χ0v) is 11.8. The quantitative estimate of drug-likeness (QED) is 0.939. The molecule has 0 aliphatic carbocycles. The maximum Gasteiger partial charge on any atom is 0.344 e. The summed E-state index contributed by atoms with van der Waals surface area (Å²) < 4.78 is 5.38. The zero-order chi connectivity index (χ0) is 14.2. The van der Waals surface area contributed by atoms with Gasteiger partial charge >= 0.3 is 5.97 Å². The molecule has 6 heteroatoms. The number of carbonyl (C=O) groups is 1. The molecular formula is C13H11Cl2NO3. The first-order valence-corrected chi connectivity index (χ1v) is 6.30. The summed E-state index contributed by atoms with van der Waals surface area (Å²) in [6, 6.07) is 5.13. The Kier molecular flexibility index (Phi) is 3.83. The normalized spacial score (nSPS) is 12.4. The number of halogens is 2. The first-order valence-electron chi connectivity index (χ1n) is 5.55. The van der Waals surface area contributed by atoms with Gasteiger partial charge in [0.1, 0.15) is 5.52 Å². The second-order valence-corrected chi connectivity index (χ2v) is 4.93. The van der Waals surface area contributed by atoms with Crippen molar-refractivity contribution in [3.05, 3.63) is 33.9 Å². The molecule has 1 heterocycles. The van der Waals surface area contributed by atoms with E-state index in [0.29, 0.717) is 15.9 Å². The average molecular weight is 300 g/mol. The third-order valence-corrected chi connectivity index (χ3v) is 3.21. The fourth-order valence-electron chi connectivity index (χ4n) is 1.63. The highest BCUT2D eigenvalue weighted by Gasteiger charge is 2.19. The van der Waals surface area contributed by atoms with E-state index in [0.717, 1.165) is 5.69 Å². The van der Waals surface area contributed by atoms with Gasteiger partial charge in [0.15, 0.2) is 11.9 Å². The highest BCUT2D eigenvalue weighted by atomic mass is 35.5. The predicted octanol–water partition coefficient (Wildman–Crippen LogP) is 3.70. The second-order valence-electron chi connectivity index (χ2n) is 4.12. The highest BCUT2D eigenvalue weighted by Crippen LogP contribution is 2.37. The number of benzene rings is 1. The lowest BCUT2D eigenvalue weighted by Crippen LogP contribution is -2.23. The number of hydrogen-bond donors (Lipinski definition) is 1. The topological polar surface area (TPSA) is 59.4 Å². The van der Waals surface area contributed by atoms with Crippen LogP contribution in [0.1, 0.15) is 12.6 Å². The molecule has 0 amide bonds. The van der Waals surface area contributed by atoms with Gasteiger partial charge in [0.2, 0.25) is 0 Å². The summed E-state index contributed by atoms with van der Waals surface area (Å²) in [7, 11) is 0. The van der Waals surface area contributed by atoms with E-state index in [2.05, 4.69) is 4.98 Å². The van der Waals surface area contributed by atoms with Gasteiger partial charge in [-0.3, -0.25) is 0 Å². The van der Waals surface area contributed by atoms with Gasteiger partial charge < -0.3 is 9.84 Å². The number of aliphatic carboxylic acids is 1. The Bertz CT molecular complexity index is 658. The van der Waals surface area contributed by atoms with E-state index in [-0.39, 0.29) is 10.8 Å². The first-order chi connectivity index (χ1) is 8.90. The summed E-state index contributed by atoms with van der Waals surface area (Å²) in [6.45, 7) is 3.24. The number of carboxylic acids is 1. The van der Waals surface area contributed by atoms with Crippen LogP contribution in [-0.4, -0.2) is 22.2 Å². The Morgan fingerprint density at radius 3 is 2.68 bits per heavy atom. The minimum absolute atomic E-state index is 0.236. The number of ether oxygens (including phenoxy) is 1. The number of fused-ring (bicyclic) bond motifs is 1. The van der Waals surface area contributed by atoms with Crippen molar-refractivity contribution in [3.63, 3.8) is 0 Å². The van der Waals surface area contributed by atoms with E-state index in [9.17, 15) is 4.79 Å². The minimum Gasteiger partial charge on any atom is -0.479 e. The molecule has 4 nitrogen and oxygen atoms in total. The summed E-state index contributed by atoms with van der Waals surface area (Å²) in [4.78, 5) is 15.2. The third kappa shape index (κ3) is 2.74. The number of pyridine rings is 1. The van der Waals surface area contributed by atoms with Crippen LogP contribution in [0.5, 0.6) is 5.75 Å². The van der Waals surface area contributed by atoms with Gasteiger partial charge in [-0.1, -0.05) is 23.2 Å². The Balaban J connectivity index is 2.64. The van der Waals surface area contributed by atoms with Gasteiger partial charge in [-0.05, 0) is 32.0 Å². The fourth-order valence-corrected chi connectivity index (χ4v) is 2.19. The summed E-state index contributed by atoms with van der Waals surface area (Å²) in [6.07, 6.45) is -1.02. The molecule has 1 aromatic heterocycles. The van der Waals surface area contributed by atoms with Crippen LogP contribution >= 0.6 is 23.2 Å². The molecule has 0 aliphatic rings. The number of aromatic nitrogens is 1. The summed E-state index contributed by atoms with van der Waals surface area (Å²) >= 11 is 12.2. The number of aryl methyl sites for hydroxylation is 1. The molecule has 1 atom stereocenters. The predicted molar refractivity (Wildman–Crippen MR) is 74.2 cm³/mol. The molecule has 0 radical (unpaired) electrons. The molecule has 0 saturated carbocycles. The van der Waals surface area contributed by atoms with Gasteiger partial charge in [-0.2, -0.15) is 0 Å². The van der Waals surface area contributed by atoms with Crippen molar-refractivity contribution in [2.24, 2.45) is 0 Å². The standard InChI is InChI=1S/C13H11Cl2NO3/c1-6-3-4-8-9(14)5-10(15)12(11(8)16-6)19-7(2)13(17)18/h3-5,7H,1-2H3,(H,17,18). The van der Waals surface area contributed by atoms with Crippen molar-refractivity contribution in [2.45, 2.75) is 20.0 Å². The number of carboxylic acid groups (broad SMARTS) is 1. The molecule has 0 aliphatic heterocycles. The van der Waals surface area contributed by atoms with Crippen LogP contribution in [0.2, 0.25) is 10.0 Å². The minimum atomic E-state index is -1.08. The Hall–Kier alpha value is -1.52. The monoisotopic (exact) mass is 299 g/mol. The van der Waals surface area contributed by atoms with Crippen molar-refractivity contribution in [1.29, 1.82) is 0 Å². The van der Waals surface area contributed by atoms with Crippen molar-refractivity contribution in [1.82, 2.24) is 4.98 Å². The maximum atomic E-state index is 10.9. The molecule has 1 aromatic carbocycles. The van der Waals surface area contributed by atoms with Crippen LogP contribution in [0.3, 0.4) is 0 Å². The van der Waals surface area contributed by atoms with Crippen LogP contribution in [0.25, 0.3) is 10.9 Å². The van der Waals surface area contributed by atoms with Gasteiger partial charge in [-0.15, -0.1) is 0 Å². The van der Waals surface area contributed by atoms with E-state index >= 15 is 0 Å². The lowest BCUT2D eigenvalue weighted by Gasteiger charge is -2.14. The summed E-state index contributed by atoms with van der Waals surface area (Å²) in [5, 5.41) is 10.3. The molecule has 100 valence electrons. The Morgan fingerprint density at radius 2 is 2.05 bits per heavy atom. The van der Waals surface area contributed by atoms with Gasteiger partial charge in [0, 0.05) is 11.1 Å². The van der Waals surface area contributed by atoms with Crippen LogP contribution in [0.4, 0.5) is 0 Å². The van der Waals surface area contributed by atoms with Gasteiger partial charge in [-0.25, -0.2) is 9.78 Å². The first kappa shape index (κ1) is 13.9. The molecule has 2 rings (SSSR count). The zero-order valence-electron chi connectivity index (χ0n) is 10.3. The average Bonchev–Trinajstić information content (AvgIpc) is 2.33. The largest absolute Gasteiger partial charge is 0.479 e. The molecule has 2 aromatic rings. The Morgan fingerprint density at radius 1 is 1.37 bits per heavy atom. The van der Waals surface area contributed by atoms with Crippen molar-refractivity contribution in [3.8, 4) is 5.75 Å².